The molecule has 1 aromatic carbocycles. The zero-order valence-electron chi connectivity index (χ0n) is 14.2. The second-order valence-corrected chi connectivity index (χ2v) is 6.38. The SMILES string of the molecule is CC1CCN(C(=O)c2cc(COc3ccccc3F)on2)C(C(=O)O)C1. The van der Waals surface area contributed by atoms with E-state index in [1.54, 1.807) is 12.1 Å². The molecule has 0 spiro atoms. The lowest BCUT2D eigenvalue weighted by atomic mass is 9.92. The second-order valence-electron chi connectivity index (χ2n) is 6.38. The van der Waals surface area contributed by atoms with Gasteiger partial charge in [0.15, 0.2) is 23.0 Å². The molecule has 3 rings (SSSR count). The van der Waals surface area contributed by atoms with Crippen LogP contribution < -0.4 is 4.74 Å². The lowest BCUT2D eigenvalue weighted by Gasteiger charge is -2.35. The van der Waals surface area contributed by atoms with Crippen molar-refractivity contribution in [2.24, 2.45) is 5.92 Å². The number of carboxylic acids is 1. The van der Waals surface area contributed by atoms with Gasteiger partial charge in [-0.25, -0.2) is 9.18 Å². The first kappa shape index (κ1) is 17.9. The Bertz CT molecular complexity index is 806. The van der Waals surface area contributed by atoms with Crippen LogP contribution in [0.1, 0.15) is 36.0 Å². The van der Waals surface area contributed by atoms with E-state index in [0.717, 1.165) is 6.42 Å². The first-order valence-corrected chi connectivity index (χ1v) is 8.32. The Labute approximate surface area is 149 Å². The van der Waals surface area contributed by atoms with Gasteiger partial charge in [-0.15, -0.1) is 0 Å². The smallest absolute Gasteiger partial charge is 0.326 e. The van der Waals surface area contributed by atoms with Crippen molar-refractivity contribution >= 4 is 11.9 Å². The van der Waals surface area contributed by atoms with E-state index in [1.807, 2.05) is 6.92 Å². The molecule has 1 aromatic heterocycles. The molecule has 1 aliphatic heterocycles. The molecule has 1 saturated heterocycles. The molecule has 7 nitrogen and oxygen atoms in total. The predicted octanol–water partition coefficient (Wildman–Crippen LogP) is 2.72. The molecule has 2 unspecified atom stereocenters. The summed E-state index contributed by atoms with van der Waals surface area (Å²) >= 11 is 0. The van der Waals surface area contributed by atoms with E-state index in [2.05, 4.69) is 5.16 Å². The number of aliphatic carboxylic acids is 1. The van der Waals surface area contributed by atoms with Crippen molar-refractivity contribution in [3.63, 3.8) is 0 Å². The van der Waals surface area contributed by atoms with Gasteiger partial charge < -0.3 is 19.3 Å². The van der Waals surface area contributed by atoms with Crippen LogP contribution >= 0.6 is 0 Å². The Balaban J connectivity index is 1.67. The first-order chi connectivity index (χ1) is 12.5. The van der Waals surface area contributed by atoms with E-state index in [-0.39, 0.29) is 29.7 Å². The van der Waals surface area contributed by atoms with Crippen LogP contribution in [0.4, 0.5) is 4.39 Å². The summed E-state index contributed by atoms with van der Waals surface area (Å²) in [6, 6.07) is 6.45. The summed E-state index contributed by atoms with van der Waals surface area (Å²) in [5.41, 5.74) is 0.0120. The largest absolute Gasteiger partial charge is 0.482 e. The van der Waals surface area contributed by atoms with Gasteiger partial charge in [-0.3, -0.25) is 4.79 Å². The zero-order chi connectivity index (χ0) is 18.7. The number of hydrogen-bond acceptors (Lipinski definition) is 5. The third-order valence-corrected chi connectivity index (χ3v) is 4.40. The van der Waals surface area contributed by atoms with Gasteiger partial charge in [-0.1, -0.05) is 24.2 Å². The summed E-state index contributed by atoms with van der Waals surface area (Å²) in [5, 5.41) is 13.1. The van der Waals surface area contributed by atoms with Gasteiger partial charge in [0.05, 0.1) is 0 Å². The van der Waals surface area contributed by atoms with E-state index in [1.165, 1.54) is 23.1 Å². The lowest BCUT2D eigenvalue weighted by molar-refractivity contribution is -0.144. The zero-order valence-corrected chi connectivity index (χ0v) is 14.2. The molecule has 1 amide bonds. The number of piperidine rings is 1. The molecule has 0 aliphatic carbocycles. The molecule has 2 atom stereocenters. The number of carbonyl (C=O) groups excluding carboxylic acids is 1. The molecule has 0 saturated carbocycles. The second kappa shape index (κ2) is 7.55. The molecule has 1 aliphatic rings. The van der Waals surface area contributed by atoms with Crippen LogP contribution in [0.15, 0.2) is 34.9 Å². The standard InChI is InChI=1S/C18H19FN2O5/c1-11-6-7-21(15(8-11)18(23)24)17(22)14-9-12(26-20-14)10-25-16-5-3-2-4-13(16)19/h2-5,9,11,15H,6-8,10H2,1H3,(H,23,24). The minimum Gasteiger partial charge on any atom is -0.482 e. The molecular weight excluding hydrogens is 343 g/mol. The van der Waals surface area contributed by atoms with E-state index in [9.17, 15) is 19.1 Å². The number of nitrogens with zero attached hydrogens (tertiary/aromatic N) is 2. The quantitative estimate of drug-likeness (QED) is 0.879. The number of para-hydroxylation sites is 1. The van der Waals surface area contributed by atoms with Crippen molar-refractivity contribution in [1.82, 2.24) is 10.1 Å². The van der Waals surface area contributed by atoms with Crippen LogP contribution in [0, 0.1) is 11.7 Å². The highest BCUT2D eigenvalue weighted by atomic mass is 19.1. The normalized spacial score (nSPS) is 20.0. The summed E-state index contributed by atoms with van der Waals surface area (Å²) in [6.07, 6.45) is 1.14. The average molecular weight is 362 g/mol. The lowest BCUT2D eigenvalue weighted by Crippen LogP contribution is -2.49. The number of carboxylic acid groups (broad SMARTS) is 1. The Kier molecular flexibility index (Phi) is 5.20. The summed E-state index contributed by atoms with van der Waals surface area (Å²) < 4.78 is 23.9. The van der Waals surface area contributed by atoms with E-state index < -0.39 is 23.7 Å². The highest BCUT2D eigenvalue weighted by molar-refractivity contribution is 5.95. The minimum atomic E-state index is -1.03. The van der Waals surface area contributed by atoms with Crippen molar-refractivity contribution in [2.75, 3.05) is 6.54 Å². The fraction of sp³-hybridized carbons (Fsp3) is 0.389. The van der Waals surface area contributed by atoms with Crippen LogP contribution in [-0.4, -0.2) is 39.6 Å². The van der Waals surface area contributed by atoms with Crippen molar-refractivity contribution < 1.29 is 28.3 Å². The molecule has 1 N–H and O–H groups in total. The molecule has 1 fully saturated rings. The molecule has 0 bridgehead atoms. The average Bonchev–Trinajstić information content (AvgIpc) is 3.09. The Morgan fingerprint density at radius 2 is 2.19 bits per heavy atom. The van der Waals surface area contributed by atoms with Crippen LogP contribution in [0.2, 0.25) is 0 Å². The number of rotatable bonds is 5. The number of amides is 1. The molecule has 8 heteroatoms. The number of ether oxygens (including phenoxy) is 1. The van der Waals surface area contributed by atoms with Crippen molar-refractivity contribution in [3.05, 3.63) is 47.6 Å². The van der Waals surface area contributed by atoms with Gasteiger partial charge >= 0.3 is 5.97 Å². The number of benzene rings is 1. The summed E-state index contributed by atoms with van der Waals surface area (Å²) in [7, 11) is 0. The fourth-order valence-electron chi connectivity index (χ4n) is 2.96. The number of hydrogen-bond donors (Lipinski definition) is 1. The molecule has 2 heterocycles. The maximum absolute atomic E-state index is 13.5. The van der Waals surface area contributed by atoms with Crippen LogP contribution in [0.5, 0.6) is 5.75 Å². The third kappa shape index (κ3) is 3.84. The van der Waals surface area contributed by atoms with Crippen LogP contribution in [-0.2, 0) is 11.4 Å². The Morgan fingerprint density at radius 1 is 1.42 bits per heavy atom. The van der Waals surface area contributed by atoms with E-state index >= 15 is 0 Å². The number of likely N-dealkylation sites (tertiary alicyclic amines) is 1. The fourth-order valence-corrected chi connectivity index (χ4v) is 2.96. The van der Waals surface area contributed by atoms with Gasteiger partial charge in [0, 0.05) is 12.6 Å². The van der Waals surface area contributed by atoms with Crippen molar-refractivity contribution in [1.29, 1.82) is 0 Å². The minimum absolute atomic E-state index is 0.0120. The van der Waals surface area contributed by atoms with Crippen molar-refractivity contribution in [2.45, 2.75) is 32.4 Å². The molecule has 0 radical (unpaired) electrons. The molecular formula is C18H19FN2O5. The highest BCUT2D eigenvalue weighted by Crippen LogP contribution is 2.25. The van der Waals surface area contributed by atoms with Gasteiger partial charge in [0.25, 0.3) is 5.91 Å². The van der Waals surface area contributed by atoms with E-state index in [0.29, 0.717) is 13.0 Å². The summed E-state index contributed by atoms with van der Waals surface area (Å²) in [5.74, 6) is -1.49. The van der Waals surface area contributed by atoms with Crippen LogP contribution in [0.3, 0.4) is 0 Å². The number of halogens is 1. The monoisotopic (exact) mass is 362 g/mol. The number of carbonyl (C=O) groups is 2. The highest BCUT2D eigenvalue weighted by Gasteiger charge is 2.36. The first-order valence-electron chi connectivity index (χ1n) is 8.32. The number of aromatic nitrogens is 1. The van der Waals surface area contributed by atoms with E-state index in [4.69, 9.17) is 9.26 Å². The Hall–Kier alpha value is -2.90. The van der Waals surface area contributed by atoms with Gasteiger partial charge in [-0.2, -0.15) is 0 Å². The topological polar surface area (TPSA) is 92.9 Å². The van der Waals surface area contributed by atoms with Crippen LogP contribution in [0.25, 0.3) is 0 Å². The summed E-state index contributed by atoms with van der Waals surface area (Å²) in [4.78, 5) is 25.4. The Morgan fingerprint density at radius 3 is 2.92 bits per heavy atom. The maximum atomic E-state index is 13.5. The summed E-state index contributed by atoms with van der Waals surface area (Å²) in [6.45, 7) is 2.22. The van der Waals surface area contributed by atoms with Gasteiger partial charge in [0.2, 0.25) is 0 Å². The molecule has 138 valence electrons. The molecule has 2 aromatic rings. The maximum Gasteiger partial charge on any atom is 0.326 e. The predicted molar refractivity (Wildman–Crippen MR) is 88.1 cm³/mol. The van der Waals surface area contributed by atoms with Gasteiger partial charge in [-0.05, 0) is 30.9 Å². The van der Waals surface area contributed by atoms with Crippen molar-refractivity contribution in [3.8, 4) is 5.75 Å². The van der Waals surface area contributed by atoms with Gasteiger partial charge in [0.1, 0.15) is 12.6 Å². The third-order valence-electron chi connectivity index (χ3n) is 4.40. The molecule has 26 heavy (non-hydrogen) atoms.